The molecule has 56 heavy (non-hydrogen) atoms. The highest BCUT2D eigenvalue weighted by molar-refractivity contribution is 6.64. The molecule has 3 heterocycles. The average Bonchev–Trinajstić information content (AvgIpc) is 3.79. The van der Waals surface area contributed by atoms with Gasteiger partial charge in [-0.05, 0) is 125 Å². The summed E-state index contributed by atoms with van der Waals surface area (Å²) in [6.45, 7) is 16.1. The third kappa shape index (κ3) is 17.0. The monoisotopic (exact) mass is 854 g/mol. The van der Waals surface area contributed by atoms with E-state index in [0.717, 1.165) is 84.0 Å². The van der Waals surface area contributed by atoms with E-state index < -0.39 is 11.2 Å². The Hall–Kier alpha value is -2.06. The highest BCUT2D eigenvalue weighted by Crippen LogP contribution is 2.31. The lowest BCUT2D eigenvalue weighted by Gasteiger charge is -2.32. The fourth-order valence-electron chi connectivity index (χ4n) is 6.89. The first-order chi connectivity index (χ1) is 25.3. The number of halogens is 3. The molecule has 0 spiro atoms. The molecule has 3 saturated heterocycles. The molecule has 0 bridgehead atoms. The number of nitrogens with zero attached hydrogens (tertiary/aromatic N) is 4. The summed E-state index contributed by atoms with van der Waals surface area (Å²) in [4.78, 5) is 65.1. The highest BCUT2D eigenvalue weighted by atomic mass is 35.5. The molecule has 3 aliphatic carbocycles. The first-order valence-electron chi connectivity index (χ1n) is 20.4. The number of hydrogen-bond acceptors (Lipinski definition) is 9. The van der Waals surface area contributed by atoms with Gasteiger partial charge in [0.05, 0.1) is 6.04 Å². The molecule has 2 N–H and O–H groups in total. The fourth-order valence-corrected chi connectivity index (χ4v) is 7.11. The molecule has 16 heteroatoms. The van der Waals surface area contributed by atoms with E-state index in [1.165, 1.54) is 19.3 Å². The molecule has 3 atom stereocenters. The molecule has 13 nitrogen and oxygen atoms in total. The van der Waals surface area contributed by atoms with E-state index in [2.05, 4.69) is 10.6 Å². The van der Waals surface area contributed by atoms with E-state index in [1.54, 1.807) is 9.80 Å². The Morgan fingerprint density at radius 1 is 0.643 bits per heavy atom. The van der Waals surface area contributed by atoms with Crippen LogP contribution in [0.1, 0.15) is 119 Å². The largest absolute Gasteiger partial charge is 0.444 e. The van der Waals surface area contributed by atoms with E-state index in [1.807, 2.05) is 72.5 Å². The van der Waals surface area contributed by atoms with Gasteiger partial charge in [-0.1, -0.05) is 19.3 Å². The Balaban J connectivity index is 0.000000388. The Bertz CT molecular complexity index is 1250. The van der Waals surface area contributed by atoms with Gasteiger partial charge >= 0.3 is 12.2 Å². The first kappa shape index (κ1) is 52.0. The Kier molecular flexibility index (Phi) is 22.4. The Morgan fingerprint density at radius 2 is 1.07 bits per heavy atom. The van der Waals surface area contributed by atoms with Gasteiger partial charge in [-0.25, -0.2) is 9.59 Å². The third-order valence-corrected chi connectivity index (χ3v) is 11.5. The summed E-state index contributed by atoms with van der Waals surface area (Å²) in [5.74, 6) is 1.40. The van der Waals surface area contributed by atoms with Gasteiger partial charge < -0.3 is 39.7 Å². The zero-order valence-corrected chi connectivity index (χ0v) is 37.9. The molecule has 326 valence electrons. The lowest BCUT2D eigenvalue weighted by molar-refractivity contribution is -0.139. The van der Waals surface area contributed by atoms with E-state index in [4.69, 9.17) is 21.1 Å². The van der Waals surface area contributed by atoms with Crippen molar-refractivity contribution in [3.8, 4) is 0 Å². The maximum atomic E-state index is 12.2. The van der Waals surface area contributed by atoms with Crippen molar-refractivity contribution in [2.24, 2.45) is 17.8 Å². The maximum Gasteiger partial charge on any atom is 0.410 e. The number of ether oxygens (including phenoxy) is 2. The summed E-state index contributed by atoms with van der Waals surface area (Å²) in [5, 5.41) is 6.30. The Morgan fingerprint density at radius 3 is 1.39 bits per heavy atom. The summed E-state index contributed by atoms with van der Waals surface area (Å²) in [6, 6.07) is 1.01. The van der Waals surface area contributed by atoms with Crippen molar-refractivity contribution in [2.75, 3.05) is 60.4 Å². The zero-order valence-electron chi connectivity index (χ0n) is 35.5. The van der Waals surface area contributed by atoms with Crippen LogP contribution in [0.2, 0.25) is 0 Å². The third-order valence-electron chi connectivity index (χ3n) is 11.2. The van der Waals surface area contributed by atoms with Gasteiger partial charge in [0, 0.05) is 76.7 Å². The van der Waals surface area contributed by atoms with Crippen molar-refractivity contribution < 1.29 is 33.4 Å². The number of hydrogen-bond donors (Lipinski definition) is 2. The molecule has 6 rings (SSSR count). The number of amides is 4. The van der Waals surface area contributed by atoms with Gasteiger partial charge in [0.25, 0.3) is 0 Å². The fraction of sp³-hybridized carbons (Fsp3) is 0.875. The predicted molar refractivity (Wildman–Crippen MR) is 226 cm³/mol. The van der Waals surface area contributed by atoms with Gasteiger partial charge in [0.2, 0.25) is 17.1 Å². The standard InChI is InChI=1S/C15H26N2O3.C10H20N2O2.C10H18N2O.C5H7ClO.2ClH/c1-15(2,3)20-14(19)17-9-8-12(10-17)16(4)13(18)11-6-5-7-11;1-10(2,3)14-9(13)12-6-5-8(7-12)11-4;1-12(9-5-6-11-7-9)10(13)8-3-2-4-8;6-5(7)4-2-1-3-4;;/h11-12H,5-10H2,1-4H3;8,11H,5-7H2,1-4H3;8-9,11H,2-7H2,1H3;4H,1-3H2;2*1H/t12-;8-;9-;;;/m000.../s1. The van der Waals surface area contributed by atoms with Crippen LogP contribution in [-0.4, -0.2) is 139 Å². The van der Waals surface area contributed by atoms with E-state index in [9.17, 15) is 24.0 Å². The number of likely N-dealkylation sites (N-methyl/N-ethyl adjacent to an activating group) is 3. The van der Waals surface area contributed by atoms with Gasteiger partial charge in [-0.15, -0.1) is 24.8 Å². The van der Waals surface area contributed by atoms with Crippen molar-refractivity contribution in [1.29, 1.82) is 0 Å². The highest BCUT2D eigenvalue weighted by Gasteiger charge is 2.37. The summed E-state index contributed by atoms with van der Waals surface area (Å²) in [7, 11) is 5.74. The minimum Gasteiger partial charge on any atom is -0.444 e. The topological polar surface area (TPSA) is 141 Å². The van der Waals surface area contributed by atoms with Crippen LogP contribution in [0.5, 0.6) is 0 Å². The summed E-state index contributed by atoms with van der Waals surface area (Å²) in [6.07, 6.45) is 12.4. The van der Waals surface area contributed by atoms with Crippen LogP contribution >= 0.6 is 36.4 Å². The van der Waals surface area contributed by atoms with Gasteiger partial charge in [0.1, 0.15) is 11.2 Å². The number of nitrogens with one attached hydrogen (secondary N) is 2. The Labute approximate surface area is 354 Å². The lowest BCUT2D eigenvalue weighted by Crippen LogP contribution is -2.44. The van der Waals surface area contributed by atoms with Crippen molar-refractivity contribution in [2.45, 2.75) is 148 Å². The van der Waals surface area contributed by atoms with Crippen LogP contribution in [0, 0.1) is 17.8 Å². The molecule has 0 radical (unpaired) electrons. The smallest absolute Gasteiger partial charge is 0.410 e. The van der Waals surface area contributed by atoms with Crippen molar-refractivity contribution in [3.05, 3.63) is 0 Å². The second-order valence-electron chi connectivity index (χ2n) is 17.8. The number of likely N-dealkylation sites (tertiary alicyclic amines) is 2. The molecule has 0 aromatic rings. The average molecular weight is 856 g/mol. The van der Waals surface area contributed by atoms with E-state index >= 15 is 0 Å². The van der Waals surface area contributed by atoms with Gasteiger partial charge in [-0.2, -0.15) is 0 Å². The van der Waals surface area contributed by atoms with Crippen LogP contribution in [0.15, 0.2) is 0 Å². The second-order valence-corrected chi connectivity index (χ2v) is 18.2. The molecule has 0 aromatic heterocycles. The number of carbonyl (C=O) groups is 5. The molecule has 0 unspecified atom stereocenters. The summed E-state index contributed by atoms with van der Waals surface area (Å²) in [5.41, 5.74) is -0.863. The number of rotatable bonds is 6. The van der Waals surface area contributed by atoms with Crippen molar-refractivity contribution in [1.82, 2.24) is 30.2 Å². The zero-order chi connectivity index (χ0) is 40.2. The summed E-state index contributed by atoms with van der Waals surface area (Å²) < 4.78 is 10.6. The molecular formula is C40H73Cl3N6O7. The molecule has 6 aliphatic rings. The number of carbonyl (C=O) groups excluding carboxylic acids is 5. The summed E-state index contributed by atoms with van der Waals surface area (Å²) >= 11 is 5.14. The molecular weight excluding hydrogens is 783 g/mol. The van der Waals surface area contributed by atoms with Crippen LogP contribution in [0.25, 0.3) is 0 Å². The molecule has 4 amide bonds. The molecule has 6 fully saturated rings. The van der Waals surface area contributed by atoms with Crippen molar-refractivity contribution >= 4 is 65.7 Å². The SMILES string of the molecule is CN(C(=O)C1CCC1)[C@H]1CCN(C(=O)OC(C)(C)C)C1.CN(C(=O)C1CCC1)[C@H]1CCNC1.CN[C@H]1CCN(C(=O)OC(C)(C)C)C1.Cl.Cl.O=C(Cl)C1CCC1. The van der Waals surface area contributed by atoms with Crippen molar-refractivity contribution in [3.63, 3.8) is 0 Å². The van der Waals surface area contributed by atoms with E-state index in [-0.39, 0.29) is 66.0 Å². The minimum absolute atomic E-state index is 0. The minimum atomic E-state index is -0.469. The molecule has 0 aromatic carbocycles. The second kappa shape index (κ2) is 24.1. The molecule has 3 aliphatic heterocycles. The lowest BCUT2D eigenvalue weighted by atomic mass is 9.84. The predicted octanol–water partition coefficient (Wildman–Crippen LogP) is 6.47. The quantitative estimate of drug-likeness (QED) is 0.288. The maximum absolute atomic E-state index is 12.2. The van der Waals surface area contributed by atoms with Crippen LogP contribution in [0.3, 0.4) is 0 Å². The van der Waals surface area contributed by atoms with Crippen LogP contribution < -0.4 is 10.6 Å². The molecule has 3 saturated carbocycles. The van der Waals surface area contributed by atoms with E-state index in [0.29, 0.717) is 37.0 Å². The normalized spacial score (nSPS) is 23.3. The van der Waals surface area contributed by atoms with Crippen LogP contribution in [-0.2, 0) is 23.9 Å². The van der Waals surface area contributed by atoms with Crippen LogP contribution in [0.4, 0.5) is 9.59 Å². The van der Waals surface area contributed by atoms with Gasteiger partial charge in [0.15, 0.2) is 0 Å². The first-order valence-corrected chi connectivity index (χ1v) is 20.7. The van der Waals surface area contributed by atoms with Gasteiger partial charge in [-0.3, -0.25) is 14.4 Å².